The van der Waals surface area contributed by atoms with E-state index in [1.807, 2.05) is 29.5 Å². The van der Waals surface area contributed by atoms with Crippen LogP contribution in [0.25, 0.3) is 0 Å². The second kappa shape index (κ2) is 3.98. The van der Waals surface area contributed by atoms with Crippen molar-refractivity contribution in [3.63, 3.8) is 0 Å². The van der Waals surface area contributed by atoms with E-state index in [2.05, 4.69) is 0 Å². The number of aryl methyl sites for hydroxylation is 1. The van der Waals surface area contributed by atoms with Gasteiger partial charge >= 0.3 is 0 Å². The predicted octanol–water partition coefficient (Wildman–Crippen LogP) is 2.81. The van der Waals surface area contributed by atoms with Gasteiger partial charge in [0.1, 0.15) is 5.82 Å². The molecule has 0 aromatic heterocycles. The Morgan fingerprint density at radius 1 is 1.58 bits per heavy atom. The zero-order valence-corrected chi connectivity index (χ0v) is 8.76. The summed E-state index contributed by atoms with van der Waals surface area (Å²) in [5.41, 5.74) is 1.14. The van der Waals surface area contributed by atoms with Crippen LogP contribution in [0.2, 0.25) is 0 Å². The van der Waals surface area contributed by atoms with Crippen LogP contribution < -0.4 is 0 Å². The Kier molecular flexibility index (Phi) is 3.20. The first kappa shape index (κ1) is 9.64. The standard InChI is InChI=1S/C9H8FIO/c1-2-6-3-7(5-12)9(10)8(11)4-6/h3-5H,2H2,1H3. The maximum absolute atomic E-state index is 13.1. The third kappa shape index (κ3) is 1.83. The van der Waals surface area contributed by atoms with Crippen LogP contribution in [-0.4, -0.2) is 6.29 Å². The molecule has 0 aliphatic rings. The Hall–Kier alpha value is -0.450. The number of carbonyl (C=O) groups is 1. The molecular formula is C9H8FIO. The summed E-state index contributed by atoms with van der Waals surface area (Å²) in [4.78, 5) is 10.4. The molecule has 1 nitrogen and oxygen atoms in total. The molecule has 1 aromatic rings. The summed E-state index contributed by atoms with van der Waals surface area (Å²) in [6, 6.07) is 3.34. The zero-order chi connectivity index (χ0) is 9.14. The minimum Gasteiger partial charge on any atom is -0.298 e. The summed E-state index contributed by atoms with van der Waals surface area (Å²) >= 11 is 1.89. The minimum absolute atomic E-state index is 0.152. The lowest BCUT2D eigenvalue weighted by Crippen LogP contribution is -1.94. The molecule has 1 aromatic carbocycles. The van der Waals surface area contributed by atoms with Gasteiger partial charge in [0.15, 0.2) is 6.29 Å². The Labute approximate surface area is 84.1 Å². The van der Waals surface area contributed by atoms with Gasteiger partial charge in [0.25, 0.3) is 0 Å². The molecular weight excluding hydrogens is 270 g/mol. The Balaban J connectivity index is 3.28. The second-order valence-corrected chi connectivity index (χ2v) is 3.61. The highest BCUT2D eigenvalue weighted by atomic mass is 127. The fraction of sp³-hybridized carbons (Fsp3) is 0.222. The highest BCUT2D eigenvalue weighted by molar-refractivity contribution is 14.1. The van der Waals surface area contributed by atoms with Crippen LogP contribution in [0.1, 0.15) is 22.8 Å². The van der Waals surface area contributed by atoms with Gasteiger partial charge in [0.05, 0.1) is 5.56 Å². The number of hydrogen-bond donors (Lipinski definition) is 0. The zero-order valence-electron chi connectivity index (χ0n) is 6.60. The van der Waals surface area contributed by atoms with E-state index in [0.717, 1.165) is 12.0 Å². The molecule has 3 heteroatoms. The van der Waals surface area contributed by atoms with Crippen molar-refractivity contribution in [3.05, 3.63) is 32.6 Å². The second-order valence-electron chi connectivity index (χ2n) is 2.45. The number of benzene rings is 1. The third-order valence-corrected chi connectivity index (χ3v) is 2.44. The van der Waals surface area contributed by atoms with E-state index in [1.165, 1.54) is 0 Å². The van der Waals surface area contributed by atoms with Gasteiger partial charge in [-0.3, -0.25) is 4.79 Å². The molecule has 0 unspecified atom stereocenters. The van der Waals surface area contributed by atoms with E-state index >= 15 is 0 Å². The van der Waals surface area contributed by atoms with E-state index < -0.39 is 5.82 Å². The number of aldehydes is 1. The molecule has 0 radical (unpaired) electrons. The molecule has 0 spiro atoms. The van der Waals surface area contributed by atoms with Crippen molar-refractivity contribution < 1.29 is 9.18 Å². The highest BCUT2D eigenvalue weighted by Gasteiger charge is 2.06. The first-order valence-electron chi connectivity index (χ1n) is 3.62. The van der Waals surface area contributed by atoms with Crippen LogP contribution in [0.3, 0.4) is 0 Å². The van der Waals surface area contributed by atoms with E-state index in [-0.39, 0.29) is 5.56 Å². The van der Waals surface area contributed by atoms with E-state index in [1.54, 1.807) is 12.1 Å². The van der Waals surface area contributed by atoms with Crippen molar-refractivity contribution in [2.24, 2.45) is 0 Å². The van der Waals surface area contributed by atoms with Gasteiger partial charge < -0.3 is 0 Å². The molecule has 0 aliphatic heterocycles. The molecule has 0 amide bonds. The van der Waals surface area contributed by atoms with Gasteiger partial charge in [-0.05, 0) is 46.7 Å². The van der Waals surface area contributed by atoms with Crippen LogP contribution >= 0.6 is 22.6 Å². The van der Waals surface area contributed by atoms with Gasteiger partial charge in [-0.15, -0.1) is 0 Å². The van der Waals surface area contributed by atoms with Crippen LogP contribution in [-0.2, 0) is 6.42 Å². The molecule has 0 saturated heterocycles. The molecule has 1 rings (SSSR count). The molecule has 0 fully saturated rings. The van der Waals surface area contributed by atoms with Crippen LogP contribution in [0.15, 0.2) is 12.1 Å². The van der Waals surface area contributed by atoms with Crippen LogP contribution in [0.4, 0.5) is 4.39 Å². The minimum atomic E-state index is -0.414. The maximum atomic E-state index is 13.1. The van der Waals surface area contributed by atoms with Crippen LogP contribution in [0, 0.1) is 9.39 Å². The number of halogens is 2. The molecule has 64 valence electrons. The Morgan fingerprint density at radius 3 is 2.75 bits per heavy atom. The Bertz CT molecular complexity index is 310. The third-order valence-electron chi connectivity index (χ3n) is 1.65. The summed E-state index contributed by atoms with van der Waals surface area (Å²) in [6.07, 6.45) is 1.37. The molecule has 0 heterocycles. The van der Waals surface area contributed by atoms with Crippen molar-refractivity contribution >= 4 is 28.9 Å². The molecule has 0 bridgehead atoms. The average Bonchev–Trinajstić information content (AvgIpc) is 2.09. The quantitative estimate of drug-likeness (QED) is 0.600. The predicted molar refractivity (Wildman–Crippen MR) is 53.9 cm³/mol. The SMILES string of the molecule is CCc1cc(I)c(F)c(C=O)c1. The molecule has 0 saturated carbocycles. The average molecular weight is 278 g/mol. The highest BCUT2D eigenvalue weighted by Crippen LogP contribution is 2.17. The summed E-state index contributed by atoms with van der Waals surface area (Å²) in [6.45, 7) is 1.97. The summed E-state index contributed by atoms with van der Waals surface area (Å²) in [7, 11) is 0. The van der Waals surface area contributed by atoms with Gasteiger partial charge in [-0.1, -0.05) is 6.92 Å². The number of carbonyl (C=O) groups excluding carboxylic acids is 1. The lowest BCUT2D eigenvalue weighted by Gasteiger charge is -2.01. The molecule has 0 N–H and O–H groups in total. The van der Waals surface area contributed by atoms with Gasteiger partial charge in [-0.2, -0.15) is 0 Å². The van der Waals surface area contributed by atoms with Crippen molar-refractivity contribution in [2.45, 2.75) is 13.3 Å². The monoisotopic (exact) mass is 278 g/mol. The smallest absolute Gasteiger partial charge is 0.153 e. The van der Waals surface area contributed by atoms with E-state index in [4.69, 9.17) is 0 Å². The summed E-state index contributed by atoms with van der Waals surface area (Å²) in [5, 5.41) is 0. The Morgan fingerprint density at radius 2 is 2.25 bits per heavy atom. The topological polar surface area (TPSA) is 17.1 Å². The molecule has 0 aliphatic carbocycles. The van der Waals surface area contributed by atoms with Crippen molar-refractivity contribution in [1.82, 2.24) is 0 Å². The largest absolute Gasteiger partial charge is 0.298 e. The maximum Gasteiger partial charge on any atom is 0.153 e. The summed E-state index contributed by atoms with van der Waals surface area (Å²) in [5.74, 6) is -0.414. The lowest BCUT2D eigenvalue weighted by atomic mass is 10.1. The van der Waals surface area contributed by atoms with E-state index in [9.17, 15) is 9.18 Å². The first-order valence-corrected chi connectivity index (χ1v) is 4.70. The van der Waals surface area contributed by atoms with Gasteiger partial charge in [-0.25, -0.2) is 4.39 Å². The van der Waals surface area contributed by atoms with Crippen LogP contribution in [0.5, 0.6) is 0 Å². The normalized spacial score (nSPS) is 9.92. The molecule has 0 atom stereocenters. The van der Waals surface area contributed by atoms with Crippen molar-refractivity contribution in [2.75, 3.05) is 0 Å². The summed E-state index contributed by atoms with van der Waals surface area (Å²) < 4.78 is 13.6. The number of hydrogen-bond acceptors (Lipinski definition) is 1. The van der Waals surface area contributed by atoms with Crippen molar-refractivity contribution in [3.8, 4) is 0 Å². The van der Waals surface area contributed by atoms with Gasteiger partial charge in [0, 0.05) is 3.57 Å². The molecule has 12 heavy (non-hydrogen) atoms. The first-order chi connectivity index (χ1) is 5.69. The number of rotatable bonds is 2. The fourth-order valence-electron chi connectivity index (χ4n) is 0.959. The fourth-order valence-corrected chi connectivity index (χ4v) is 1.67. The lowest BCUT2D eigenvalue weighted by molar-refractivity contribution is 0.111. The van der Waals surface area contributed by atoms with Crippen molar-refractivity contribution in [1.29, 1.82) is 0 Å². The van der Waals surface area contributed by atoms with Gasteiger partial charge in [0.2, 0.25) is 0 Å². The van der Waals surface area contributed by atoms with E-state index in [0.29, 0.717) is 9.86 Å².